The molecule has 2 atom stereocenters. The molecule has 0 N–H and O–H groups in total. The van der Waals surface area contributed by atoms with Crippen LogP contribution in [0.3, 0.4) is 0 Å². The minimum atomic E-state index is -2.98. The van der Waals surface area contributed by atoms with Crippen molar-refractivity contribution in [2.45, 2.75) is 30.5 Å². The Kier molecular flexibility index (Phi) is 2.68. The summed E-state index contributed by atoms with van der Waals surface area (Å²) in [5.74, 6) is 0.905. The van der Waals surface area contributed by atoms with Crippen molar-refractivity contribution >= 4 is 21.4 Å². The van der Waals surface area contributed by atoms with E-state index < -0.39 is 15.1 Å². The lowest BCUT2D eigenvalue weighted by atomic mass is 10.2. The molecule has 8 heteroatoms. The number of alkyl halides is 1. The summed E-state index contributed by atoms with van der Waals surface area (Å²) in [4.78, 5) is 0. The fourth-order valence-corrected chi connectivity index (χ4v) is 3.67. The van der Waals surface area contributed by atoms with Crippen molar-refractivity contribution in [3.05, 3.63) is 5.82 Å². The Morgan fingerprint density at radius 2 is 2.33 bits per heavy atom. The van der Waals surface area contributed by atoms with Crippen LogP contribution in [0.4, 0.5) is 0 Å². The number of hydrogen-bond donors (Lipinski definition) is 0. The zero-order valence-electron chi connectivity index (χ0n) is 8.17. The second-order valence-corrected chi connectivity index (χ2v) is 6.35. The molecule has 2 heterocycles. The van der Waals surface area contributed by atoms with E-state index in [2.05, 4.69) is 15.5 Å². The molecule has 0 aromatic carbocycles. The molecule has 0 radical (unpaired) electrons. The first kappa shape index (κ1) is 10.8. The SMILES string of the molecule is CC1C(n2nnnc2CCl)CCS1(=O)=O. The topological polar surface area (TPSA) is 77.7 Å². The Hall–Kier alpha value is -0.690. The standard InChI is InChI=1S/C7H11ClN4O2S/c1-5-6(2-3-15(5,13)14)12-7(4-8)9-10-11-12/h5-6H,2-4H2,1H3. The van der Waals surface area contributed by atoms with Crippen LogP contribution in [0.5, 0.6) is 0 Å². The average molecular weight is 251 g/mol. The maximum absolute atomic E-state index is 11.6. The van der Waals surface area contributed by atoms with Crippen LogP contribution in [0, 0.1) is 0 Å². The third kappa shape index (κ3) is 1.74. The average Bonchev–Trinajstić information content (AvgIpc) is 2.74. The van der Waals surface area contributed by atoms with Gasteiger partial charge in [-0.3, -0.25) is 0 Å². The van der Waals surface area contributed by atoms with Crippen molar-refractivity contribution in [2.75, 3.05) is 5.75 Å². The molecule has 6 nitrogen and oxygen atoms in total. The number of rotatable bonds is 2. The monoisotopic (exact) mass is 250 g/mol. The van der Waals surface area contributed by atoms with Gasteiger partial charge in [0.2, 0.25) is 0 Å². The molecule has 0 aliphatic carbocycles. The highest BCUT2D eigenvalue weighted by molar-refractivity contribution is 7.92. The van der Waals surface area contributed by atoms with E-state index in [1.807, 2.05) is 0 Å². The van der Waals surface area contributed by atoms with Crippen LogP contribution in [0.1, 0.15) is 25.2 Å². The largest absolute Gasteiger partial charge is 0.228 e. The molecule has 1 aliphatic heterocycles. The van der Waals surface area contributed by atoms with Crippen LogP contribution in [-0.4, -0.2) is 39.6 Å². The van der Waals surface area contributed by atoms with Gasteiger partial charge in [0.25, 0.3) is 0 Å². The van der Waals surface area contributed by atoms with E-state index in [0.29, 0.717) is 12.2 Å². The quantitative estimate of drug-likeness (QED) is 0.699. The molecule has 0 spiro atoms. The predicted octanol–water partition coefficient (Wildman–Crippen LogP) is 0.160. The van der Waals surface area contributed by atoms with Gasteiger partial charge < -0.3 is 0 Å². The first-order valence-electron chi connectivity index (χ1n) is 4.60. The van der Waals surface area contributed by atoms with E-state index in [0.717, 1.165) is 0 Å². The van der Waals surface area contributed by atoms with Gasteiger partial charge in [0, 0.05) is 0 Å². The van der Waals surface area contributed by atoms with Crippen molar-refractivity contribution in [3.63, 3.8) is 0 Å². The van der Waals surface area contributed by atoms with Gasteiger partial charge in [-0.05, 0) is 23.8 Å². The molecule has 0 saturated carbocycles. The van der Waals surface area contributed by atoms with Crippen LogP contribution in [-0.2, 0) is 15.7 Å². The summed E-state index contributed by atoms with van der Waals surface area (Å²) < 4.78 is 24.6. The van der Waals surface area contributed by atoms with E-state index in [1.165, 1.54) is 4.68 Å². The van der Waals surface area contributed by atoms with Crippen molar-refractivity contribution in [3.8, 4) is 0 Å². The lowest BCUT2D eigenvalue weighted by Gasteiger charge is -2.14. The fraction of sp³-hybridized carbons (Fsp3) is 0.857. The molecular formula is C7H11ClN4O2S. The third-order valence-corrected chi connectivity index (χ3v) is 5.29. The van der Waals surface area contributed by atoms with E-state index in [4.69, 9.17) is 11.6 Å². The highest BCUT2D eigenvalue weighted by Gasteiger charge is 2.39. The van der Waals surface area contributed by atoms with Crippen LogP contribution in [0.25, 0.3) is 0 Å². The summed E-state index contributed by atoms with van der Waals surface area (Å²) in [6.07, 6.45) is 0.554. The molecule has 0 bridgehead atoms. The summed E-state index contributed by atoms with van der Waals surface area (Å²) >= 11 is 5.66. The van der Waals surface area contributed by atoms with Gasteiger partial charge in [0.1, 0.15) is 0 Å². The summed E-state index contributed by atoms with van der Waals surface area (Å²) in [5, 5.41) is 10.6. The van der Waals surface area contributed by atoms with E-state index in [1.54, 1.807) is 6.92 Å². The second kappa shape index (κ2) is 3.71. The number of tetrazole rings is 1. The van der Waals surface area contributed by atoms with Crippen molar-refractivity contribution in [2.24, 2.45) is 0 Å². The zero-order valence-corrected chi connectivity index (χ0v) is 9.74. The highest BCUT2D eigenvalue weighted by Crippen LogP contribution is 2.30. The van der Waals surface area contributed by atoms with E-state index in [9.17, 15) is 8.42 Å². The van der Waals surface area contributed by atoms with E-state index >= 15 is 0 Å². The van der Waals surface area contributed by atoms with Gasteiger partial charge in [-0.2, -0.15) is 0 Å². The van der Waals surface area contributed by atoms with Gasteiger partial charge in [0.15, 0.2) is 15.7 Å². The molecule has 1 aromatic rings. The molecule has 2 rings (SSSR count). The van der Waals surface area contributed by atoms with Crippen LogP contribution >= 0.6 is 11.6 Å². The summed E-state index contributed by atoms with van der Waals surface area (Å²) in [5.41, 5.74) is 0. The van der Waals surface area contributed by atoms with Crippen LogP contribution < -0.4 is 0 Å². The first-order valence-corrected chi connectivity index (χ1v) is 6.85. The van der Waals surface area contributed by atoms with Crippen LogP contribution in [0.15, 0.2) is 0 Å². The predicted molar refractivity (Wildman–Crippen MR) is 54.3 cm³/mol. The molecule has 1 fully saturated rings. The molecule has 0 amide bonds. The molecule has 84 valence electrons. The lowest BCUT2D eigenvalue weighted by Crippen LogP contribution is -2.23. The summed E-state index contributed by atoms with van der Waals surface area (Å²) in [6, 6.07) is -0.182. The van der Waals surface area contributed by atoms with Crippen molar-refractivity contribution in [1.82, 2.24) is 20.2 Å². The molecule has 2 unspecified atom stereocenters. The van der Waals surface area contributed by atoms with Gasteiger partial charge in [0.05, 0.1) is 22.9 Å². The molecule has 1 saturated heterocycles. The Balaban J connectivity index is 2.34. The van der Waals surface area contributed by atoms with Gasteiger partial charge in [-0.1, -0.05) is 0 Å². The van der Waals surface area contributed by atoms with Gasteiger partial charge in [-0.25, -0.2) is 13.1 Å². The minimum Gasteiger partial charge on any atom is -0.228 e. The van der Waals surface area contributed by atoms with Crippen molar-refractivity contribution in [1.29, 1.82) is 0 Å². The fourth-order valence-electron chi connectivity index (χ4n) is 1.82. The van der Waals surface area contributed by atoms with E-state index in [-0.39, 0.29) is 17.7 Å². The molecule has 1 aliphatic rings. The minimum absolute atomic E-state index is 0.182. The Morgan fingerprint density at radius 3 is 2.87 bits per heavy atom. The first-order chi connectivity index (χ1) is 7.06. The van der Waals surface area contributed by atoms with Crippen LogP contribution in [0.2, 0.25) is 0 Å². The second-order valence-electron chi connectivity index (χ2n) is 3.60. The maximum Gasteiger partial charge on any atom is 0.166 e. The third-order valence-electron chi connectivity index (χ3n) is 2.80. The number of nitrogens with zero attached hydrogens (tertiary/aromatic N) is 4. The lowest BCUT2D eigenvalue weighted by molar-refractivity contribution is 0.430. The number of aromatic nitrogens is 4. The number of halogens is 1. The molecule has 1 aromatic heterocycles. The maximum atomic E-state index is 11.6. The Bertz CT molecular complexity index is 457. The molecular weight excluding hydrogens is 240 g/mol. The smallest absolute Gasteiger partial charge is 0.166 e. The highest BCUT2D eigenvalue weighted by atomic mass is 35.5. The Labute approximate surface area is 92.5 Å². The number of hydrogen-bond acceptors (Lipinski definition) is 5. The van der Waals surface area contributed by atoms with Gasteiger partial charge in [-0.15, -0.1) is 16.7 Å². The normalized spacial score (nSPS) is 29.5. The van der Waals surface area contributed by atoms with Gasteiger partial charge >= 0.3 is 0 Å². The zero-order chi connectivity index (χ0) is 11.1. The summed E-state index contributed by atoms with van der Waals surface area (Å²) in [7, 11) is -2.98. The Morgan fingerprint density at radius 1 is 1.60 bits per heavy atom. The summed E-state index contributed by atoms with van der Waals surface area (Å²) in [6.45, 7) is 1.69. The van der Waals surface area contributed by atoms with Crippen molar-refractivity contribution < 1.29 is 8.42 Å². The number of sulfone groups is 1. The molecule has 15 heavy (non-hydrogen) atoms.